The van der Waals surface area contributed by atoms with Gasteiger partial charge in [0.05, 0.1) is 4.90 Å². The van der Waals surface area contributed by atoms with Crippen LogP contribution in [0.15, 0.2) is 17.0 Å². The molecule has 0 spiro atoms. The van der Waals surface area contributed by atoms with Crippen LogP contribution in [0.1, 0.15) is 93.7 Å². The predicted octanol–water partition coefficient (Wildman–Crippen LogP) is 4.61. The Kier molecular flexibility index (Phi) is 10.5. The molecule has 0 amide bonds. The minimum Gasteiger partial charge on any atom is -0.744 e. The van der Waals surface area contributed by atoms with Crippen LogP contribution in [0.25, 0.3) is 0 Å². The van der Waals surface area contributed by atoms with E-state index < -0.39 is 10.1 Å². The zero-order valence-electron chi connectivity index (χ0n) is 22.3. The lowest BCUT2D eigenvalue weighted by Crippen LogP contribution is -2.22. The highest BCUT2D eigenvalue weighted by molar-refractivity contribution is 7.85. The van der Waals surface area contributed by atoms with Crippen molar-refractivity contribution in [3.8, 4) is 0 Å². The smallest absolute Gasteiger partial charge is 0.124 e. The summed E-state index contributed by atoms with van der Waals surface area (Å²) in [6.07, 6.45) is 14.0. The van der Waals surface area contributed by atoms with E-state index in [1.54, 1.807) is 0 Å². The molecule has 0 aliphatic heterocycles. The van der Waals surface area contributed by atoms with Crippen molar-refractivity contribution in [3.63, 3.8) is 0 Å². The third-order valence-electron chi connectivity index (χ3n) is 9.77. The SMILES string of the molecule is O=S(=O)([O-])c1c(CC2CCC(CO)CC2)cc(CC2CCC(CO)CC2)cc1CC1CCC(CO)CC1. The lowest BCUT2D eigenvalue weighted by atomic mass is 9.76. The molecule has 0 heterocycles. The van der Waals surface area contributed by atoms with Crippen molar-refractivity contribution in [2.24, 2.45) is 35.5 Å². The molecule has 3 aliphatic carbocycles. The topological polar surface area (TPSA) is 118 Å². The fourth-order valence-electron chi connectivity index (χ4n) is 7.38. The zero-order valence-corrected chi connectivity index (χ0v) is 23.1. The average molecular weight is 536 g/mol. The van der Waals surface area contributed by atoms with Crippen LogP contribution in [0.4, 0.5) is 0 Å². The highest BCUT2D eigenvalue weighted by Crippen LogP contribution is 2.38. The molecule has 1 aromatic rings. The van der Waals surface area contributed by atoms with Crippen molar-refractivity contribution < 1.29 is 28.3 Å². The van der Waals surface area contributed by atoms with Crippen LogP contribution < -0.4 is 0 Å². The number of aliphatic hydroxyl groups excluding tert-OH is 3. The molecule has 0 aromatic heterocycles. The molecule has 0 radical (unpaired) electrons. The van der Waals surface area contributed by atoms with Gasteiger partial charge in [-0.3, -0.25) is 0 Å². The molecule has 0 bridgehead atoms. The number of hydrogen-bond donors (Lipinski definition) is 3. The summed E-state index contributed by atoms with van der Waals surface area (Å²) in [6, 6.07) is 4.04. The van der Waals surface area contributed by atoms with Crippen LogP contribution in [0, 0.1) is 35.5 Å². The van der Waals surface area contributed by atoms with Gasteiger partial charge in [0.15, 0.2) is 0 Å². The van der Waals surface area contributed by atoms with Crippen molar-refractivity contribution in [1.29, 1.82) is 0 Å². The van der Waals surface area contributed by atoms with E-state index in [2.05, 4.69) is 0 Å². The summed E-state index contributed by atoms with van der Waals surface area (Å²) in [4.78, 5) is 0.0359. The third-order valence-corrected chi connectivity index (χ3v) is 10.8. The highest BCUT2D eigenvalue weighted by atomic mass is 32.2. The number of aliphatic hydroxyl groups is 3. The molecule has 0 unspecified atom stereocenters. The van der Waals surface area contributed by atoms with Crippen molar-refractivity contribution in [2.45, 2.75) is 101 Å². The zero-order chi connectivity index (χ0) is 26.4. The summed E-state index contributed by atoms with van der Waals surface area (Å²) in [6.45, 7) is 0.682. The Morgan fingerprint density at radius 1 is 0.568 bits per heavy atom. The van der Waals surface area contributed by atoms with Crippen LogP contribution in [0.2, 0.25) is 0 Å². The van der Waals surface area contributed by atoms with E-state index in [1.165, 1.54) is 0 Å². The van der Waals surface area contributed by atoms with E-state index in [1.807, 2.05) is 12.1 Å². The van der Waals surface area contributed by atoms with Crippen molar-refractivity contribution >= 4 is 10.1 Å². The lowest BCUT2D eigenvalue weighted by molar-refractivity contribution is 0.166. The molecule has 3 N–H and O–H groups in total. The molecule has 0 saturated heterocycles. The Bertz CT molecular complexity index is 905. The summed E-state index contributed by atoms with van der Waals surface area (Å²) in [5, 5.41) is 28.5. The second-order valence-electron chi connectivity index (χ2n) is 12.5. The molecule has 0 atom stereocenters. The molecular formula is C30H47O6S-. The number of hydrogen-bond acceptors (Lipinski definition) is 6. The molecule has 4 rings (SSSR count). The maximum atomic E-state index is 12.7. The van der Waals surface area contributed by atoms with Crippen LogP contribution in [0.3, 0.4) is 0 Å². The van der Waals surface area contributed by atoms with E-state index in [-0.39, 0.29) is 24.7 Å². The van der Waals surface area contributed by atoms with Crippen molar-refractivity contribution in [1.82, 2.24) is 0 Å². The summed E-state index contributed by atoms with van der Waals surface area (Å²) in [7, 11) is -4.61. The standard InChI is InChI=1S/C30H48O6S/c31-18-24-7-1-21(2-8-24)13-27-16-28(14-22-3-9-25(19-32)10-4-22)30(37(34,35)36)29(17-27)15-23-5-11-26(20-33)12-6-23/h16-17,21-26,31-33H,1-15,18-20H2,(H,34,35,36)/p-1. The minimum atomic E-state index is -4.61. The summed E-state index contributed by atoms with van der Waals surface area (Å²) in [5.41, 5.74) is 2.57. The van der Waals surface area contributed by atoms with Gasteiger partial charge in [0.2, 0.25) is 0 Å². The van der Waals surface area contributed by atoms with Gasteiger partial charge in [-0.25, -0.2) is 8.42 Å². The summed E-state index contributed by atoms with van der Waals surface area (Å²) >= 11 is 0. The van der Waals surface area contributed by atoms with Gasteiger partial charge in [-0.15, -0.1) is 0 Å². The Morgan fingerprint density at radius 3 is 1.16 bits per heavy atom. The molecule has 210 valence electrons. The van der Waals surface area contributed by atoms with Gasteiger partial charge in [0.1, 0.15) is 10.1 Å². The first kappa shape index (κ1) is 29.0. The average Bonchev–Trinajstić information content (AvgIpc) is 2.89. The van der Waals surface area contributed by atoms with Gasteiger partial charge in [-0.05, 0) is 149 Å². The molecule has 1 aromatic carbocycles. The fraction of sp³-hybridized carbons (Fsp3) is 0.800. The van der Waals surface area contributed by atoms with Gasteiger partial charge >= 0.3 is 0 Å². The highest BCUT2D eigenvalue weighted by Gasteiger charge is 2.28. The maximum absolute atomic E-state index is 12.7. The minimum absolute atomic E-state index is 0.0359. The Hall–Kier alpha value is -0.990. The third kappa shape index (κ3) is 8.01. The van der Waals surface area contributed by atoms with Crippen LogP contribution in [0.5, 0.6) is 0 Å². The van der Waals surface area contributed by atoms with Gasteiger partial charge in [0, 0.05) is 19.8 Å². The molecule has 7 heteroatoms. The summed E-state index contributed by atoms with van der Waals surface area (Å²) < 4.78 is 38.0. The number of rotatable bonds is 10. The molecule has 3 fully saturated rings. The van der Waals surface area contributed by atoms with E-state index >= 15 is 0 Å². The van der Waals surface area contributed by atoms with Crippen LogP contribution in [-0.4, -0.2) is 48.1 Å². The first-order chi connectivity index (χ1) is 17.8. The Labute approximate surface area is 223 Å². The largest absolute Gasteiger partial charge is 0.744 e. The maximum Gasteiger partial charge on any atom is 0.124 e. The second-order valence-corrected chi connectivity index (χ2v) is 13.8. The van der Waals surface area contributed by atoms with E-state index in [9.17, 15) is 28.3 Å². The Morgan fingerprint density at radius 2 is 0.865 bits per heavy atom. The van der Waals surface area contributed by atoms with Crippen LogP contribution >= 0.6 is 0 Å². The van der Waals surface area contributed by atoms with E-state index in [0.29, 0.717) is 59.5 Å². The fourth-order valence-corrected chi connectivity index (χ4v) is 8.31. The van der Waals surface area contributed by atoms with Crippen molar-refractivity contribution in [3.05, 3.63) is 28.8 Å². The monoisotopic (exact) mass is 535 g/mol. The Balaban J connectivity index is 1.60. The second kappa shape index (κ2) is 13.4. The molecule has 3 aliphatic rings. The van der Waals surface area contributed by atoms with E-state index in [0.717, 1.165) is 89.0 Å². The first-order valence-corrected chi connectivity index (χ1v) is 16.1. The molecule has 37 heavy (non-hydrogen) atoms. The first-order valence-electron chi connectivity index (χ1n) is 14.7. The molecule has 3 saturated carbocycles. The number of benzene rings is 1. The summed E-state index contributed by atoms with van der Waals surface area (Å²) in [5.74, 6) is 2.28. The molecular weight excluding hydrogens is 488 g/mol. The van der Waals surface area contributed by atoms with Gasteiger partial charge < -0.3 is 19.9 Å². The van der Waals surface area contributed by atoms with Gasteiger partial charge in [0.25, 0.3) is 0 Å². The normalized spacial score (nSPS) is 31.4. The van der Waals surface area contributed by atoms with E-state index in [4.69, 9.17) is 0 Å². The predicted molar refractivity (Wildman–Crippen MR) is 143 cm³/mol. The van der Waals surface area contributed by atoms with Gasteiger partial charge in [-0.1, -0.05) is 12.1 Å². The van der Waals surface area contributed by atoms with Crippen LogP contribution in [-0.2, 0) is 29.4 Å². The quantitative estimate of drug-likeness (QED) is 0.377. The lowest BCUT2D eigenvalue weighted by Gasteiger charge is -2.31. The van der Waals surface area contributed by atoms with Gasteiger partial charge in [-0.2, -0.15) is 0 Å². The molecule has 6 nitrogen and oxygen atoms in total. The van der Waals surface area contributed by atoms with Crippen molar-refractivity contribution in [2.75, 3.05) is 19.8 Å².